The van der Waals surface area contributed by atoms with E-state index in [4.69, 9.17) is 27.9 Å². The number of carbonyl (C=O) groups is 2. The Morgan fingerprint density at radius 1 is 1.00 bits per heavy atom. The minimum absolute atomic E-state index is 0.0890. The molecule has 5 nitrogen and oxygen atoms in total. The Morgan fingerprint density at radius 3 is 2.06 bits per heavy atom. The van der Waals surface area contributed by atoms with Gasteiger partial charge >= 0.3 is 0 Å². The lowest BCUT2D eigenvalue weighted by atomic mass is 10.0. The summed E-state index contributed by atoms with van der Waals surface area (Å²) in [5.74, 6) is 0.384. The Balaban J connectivity index is 2.22. The number of nitrogens with one attached hydrogen (secondary N) is 1. The largest absolute Gasteiger partial charge is 0.484 e. The van der Waals surface area contributed by atoms with Crippen LogP contribution in [0.15, 0.2) is 42.5 Å². The summed E-state index contributed by atoms with van der Waals surface area (Å²) in [7, 11) is 0. The molecular formula is C25H32Cl2N2O3. The van der Waals surface area contributed by atoms with Gasteiger partial charge in [0.2, 0.25) is 5.91 Å². The van der Waals surface area contributed by atoms with Crippen LogP contribution in [0.5, 0.6) is 5.75 Å². The number of hydrogen-bond acceptors (Lipinski definition) is 3. The van der Waals surface area contributed by atoms with Gasteiger partial charge < -0.3 is 15.0 Å². The summed E-state index contributed by atoms with van der Waals surface area (Å²) in [4.78, 5) is 27.4. The molecule has 0 aromatic heterocycles. The number of rotatable bonds is 8. The predicted octanol–water partition coefficient (Wildman–Crippen LogP) is 5.83. The maximum absolute atomic E-state index is 13.2. The van der Waals surface area contributed by atoms with E-state index in [0.717, 1.165) is 0 Å². The molecule has 0 aliphatic carbocycles. The summed E-state index contributed by atoms with van der Waals surface area (Å²) in [5, 5.41) is 3.79. The van der Waals surface area contributed by atoms with Crippen LogP contribution in [0.25, 0.3) is 0 Å². The molecule has 0 radical (unpaired) electrons. The number of benzene rings is 2. The third kappa shape index (κ3) is 7.42. The summed E-state index contributed by atoms with van der Waals surface area (Å²) in [6, 6.07) is 12.0. The molecule has 2 aromatic carbocycles. The zero-order chi connectivity index (χ0) is 24.1. The van der Waals surface area contributed by atoms with Crippen LogP contribution in [0.3, 0.4) is 0 Å². The summed E-state index contributed by atoms with van der Waals surface area (Å²) in [6.07, 6.45) is 0. The molecule has 0 saturated heterocycles. The summed E-state index contributed by atoms with van der Waals surface area (Å²) in [6.45, 7) is 11.4. The quantitative estimate of drug-likeness (QED) is 0.519. The Bertz CT molecular complexity index is 917. The maximum atomic E-state index is 13.2. The molecule has 1 atom stereocenters. The molecule has 32 heavy (non-hydrogen) atoms. The minimum Gasteiger partial charge on any atom is -0.484 e. The Morgan fingerprint density at radius 2 is 1.56 bits per heavy atom. The second kappa shape index (κ2) is 11.1. The van der Waals surface area contributed by atoms with Crippen LogP contribution in [0, 0.1) is 0 Å². The molecule has 2 amide bonds. The van der Waals surface area contributed by atoms with Crippen molar-refractivity contribution in [1.29, 1.82) is 0 Å². The van der Waals surface area contributed by atoms with E-state index < -0.39 is 11.6 Å². The molecule has 174 valence electrons. The Hall–Kier alpha value is -2.24. The summed E-state index contributed by atoms with van der Waals surface area (Å²) < 4.78 is 5.72. The monoisotopic (exact) mass is 478 g/mol. The first-order valence-electron chi connectivity index (χ1n) is 10.7. The van der Waals surface area contributed by atoms with E-state index in [9.17, 15) is 9.59 Å². The Kier molecular flexibility index (Phi) is 8.99. The highest BCUT2D eigenvalue weighted by atomic mass is 35.5. The van der Waals surface area contributed by atoms with Crippen molar-refractivity contribution in [3.05, 3.63) is 63.6 Å². The van der Waals surface area contributed by atoms with Gasteiger partial charge in [-0.1, -0.05) is 55.2 Å². The third-order valence-electron chi connectivity index (χ3n) is 4.96. The van der Waals surface area contributed by atoms with E-state index in [1.54, 1.807) is 25.1 Å². The number of amides is 2. The van der Waals surface area contributed by atoms with Crippen LogP contribution in [0.2, 0.25) is 10.0 Å². The molecule has 0 spiro atoms. The van der Waals surface area contributed by atoms with E-state index in [0.29, 0.717) is 27.3 Å². The van der Waals surface area contributed by atoms with Crippen LogP contribution in [-0.4, -0.2) is 34.9 Å². The number of halogens is 2. The van der Waals surface area contributed by atoms with Crippen molar-refractivity contribution in [2.75, 3.05) is 6.61 Å². The van der Waals surface area contributed by atoms with Crippen molar-refractivity contribution >= 4 is 35.0 Å². The van der Waals surface area contributed by atoms with Gasteiger partial charge in [0.05, 0.1) is 0 Å². The Labute approximate surface area is 201 Å². The van der Waals surface area contributed by atoms with Crippen LogP contribution < -0.4 is 10.1 Å². The van der Waals surface area contributed by atoms with Gasteiger partial charge in [0.15, 0.2) is 6.61 Å². The fourth-order valence-corrected chi connectivity index (χ4v) is 3.60. The molecule has 0 bridgehead atoms. The smallest absolute Gasteiger partial charge is 0.261 e. The number of ether oxygens (including phenoxy) is 1. The van der Waals surface area contributed by atoms with Gasteiger partial charge in [0.1, 0.15) is 11.8 Å². The lowest BCUT2D eigenvalue weighted by Gasteiger charge is -2.31. The van der Waals surface area contributed by atoms with E-state index in [-0.39, 0.29) is 25.0 Å². The second-order valence-corrected chi connectivity index (χ2v) is 9.96. The van der Waals surface area contributed by atoms with Gasteiger partial charge in [-0.05, 0) is 63.4 Å². The predicted molar refractivity (Wildman–Crippen MR) is 130 cm³/mol. The molecule has 0 aliphatic heterocycles. The lowest BCUT2D eigenvalue weighted by molar-refractivity contribution is -0.142. The highest BCUT2D eigenvalue weighted by Crippen LogP contribution is 2.27. The van der Waals surface area contributed by atoms with Crippen LogP contribution in [-0.2, 0) is 16.1 Å². The summed E-state index contributed by atoms with van der Waals surface area (Å²) >= 11 is 12.7. The van der Waals surface area contributed by atoms with E-state index in [1.165, 1.54) is 10.5 Å². The molecule has 0 unspecified atom stereocenters. The van der Waals surface area contributed by atoms with Crippen LogP contribution >= 0.6 is 23.2 Å². The molecule has 2 aromatic rings. The van der Waals surface area contributed by atoms with E-state index in [1.807, 2.05) is 45.0 Å². The summed E-state index contributed by atoms with van der Waals surface area (Å²) in [5.41, 5.74) is 1.34. The van der Waals surface area contributed by atoms with Gasteiger partial charge in [0.25, 0.3) is 5.91 Å². The fourth-order valence-electron chi connectivity index (χ4n) is 3.09. The average molecular weight is 479 g/mol. The molecular weight excluding hydrogens is 447 g/mol. The van der Waals surface area contributed by atoms with Crippen molar-refractivity contribution in [3.63, 3.8) is 0 Å². The first-order valence-corrected chi connectivity index (χ1v) is 11.4. The van der Waals surface area contributed by atoms with Gasteiger partial charge in [-0.25, -0.2) is 0 Å². The molecule has 2 rings (SSSR count). The molecule has 1 N–H and O–H groups in total. The fraction of sp³-hybridized carbons (Fsp3) is 0.440. The zero-order valence-electron chi connectivity index (χ0n) is 19.5. The van der Waals surface area contributed by atoms with Crippen LogP contribution in [0.4, 0.5) is 0 Å². The van der Waals surface area contributed by atoms with E-state index >= 15 is 0 Å². The normalized spacial score (nSPS) is 12.4. The first-order chi connectivity index (χ1) is 14.9. The van der Waals surface area contributed by atoms with Crippen molar-refractivity contribution in [1.82, 2.24) is 10.2 Å². The van der Waals surface area contributed by atoms with Crippen molar-refractivity contribution < 1.29 is 14.3 Å². The molecule has 7 heteroatoms. The second-order valence-electron chi connectivity index (χ2n) is 9.15. The van der Waals surface area contributed by atoms with Crippen molar-refractivity contribution in [3.8, 4) is 5.75 Å². The third-order valence-corrected chi connectivity index (χ3v) is 5.67. The van der Waals surface area contributed by atoms with Crippen LogP contribution in [0.1, 0.15) is 58.6 Å². The van der Waals surface area contributed by atoms with Gasteiger partial charge in [-0.2, -0.15) is 0 Å². The number of carbonyl (C=O) groups excluding carboxylic acids is 2. The number of nitrogens with zero attached hydrogens (tertiary/aromatic N) is 1. The molecule has 0 heterocycles. The SMILES string of the molecule is CC(C)c1ccc(OCC(=O)N(Cc2c(Cl)cccc2Cl)[C@@H](C)C(=O)NC(C)(C)C)cc1. The molecule has 0 aliphatic rings. The molecule has 0 saturated carbocycles. The minimum atomic E-state index is -0.749. The highest BCUT2D eigenvalue weighted by Gasteiger charge is 2.29. The number of hydrogen-bond donors (Lipinski definition) is 1. The highest BCUT2D eigenvalue weighted by molar-refractivity contribution is 6.36. The van der Waals surface area contributed by atoms with Gasteiger partial charge in [-0.15, -0.1) is 0 Å². The van der Waals surface area contributed by atoms with Crippen molar-refractivity contribution in [2.24, 2.45) is 0 Å². The van der Waals surface area contributed by atoms with Gasteiger partial charge in [0, 0.05) is 27.7 Å². The van der Waals surface area contributed by atoms with Crippen molar-refractivity contribution in [2.45, 2.75) is 65.6 Å². The first kappa shape index (κ1) is 26.0. The maximum Gasteiger partial charge on any atom is 0.261 e. The topological polar surface area (TPSA) is 58.6 Å². The van der Waals surface area contributed by atoms with E-state index in [2.05, 4.69) is 19.2 Å². The van der Waals surface area contributed by atoms with Gasteiger partial charge in [-0.3, -0.25) is 9.59 Å². The standard InChI is InChI=1S/C25H32Cl2N2O3/c1-16(2)18-10-12-19(13-11-18)32-15-23(30)29(17(3)24(31)28-25(4,5)6)14-20-21(26)8-7-9-22(20)27/h7-13,16-17H,14-15H2,1-6H3,(H,28,31)/t17-/m0/s1. The zero-order valence-corrected chi connectivity index (χ0v) is 21.1. The molecule has 0 fully saturated rings. The average Bonchev–Trinajstić information content (AvgIpc) is 2.70. The lowest BCUT2D eigenvalue weighted by Crippen LogP contribution is -2.53.